The predicted octanol–water partition coefficient (Wildman–Crippen LogP) is 7.20. The Morgan fingerprint density at radius 1 is 0.643 bits per heavy atom. The summed E-state index contributed by atoms with van der Waals surface area (Å²) in [5, 5.41) is 23.3. The van der Waals surface area contributed by atoms with Gasteiger partial charge < -0.3 is 10.2 Å². The van der Waals surface area contributed by atoms with E-state index in [1.54, 1.807) is 0 Å². The first-order valence-electron chi connectivity index (χ1n) is 12.8. The fourth-order valence-corrected chi connectivity index (χ4v) is 4.55. The second-order valence-electron chi connectivity index (χ2n) is 9.34. The molecule has 0 radical (unpaired) electrons. The summed E-state index contributed by atoms with van der Waals surface area (Å²) in [6.07, 6.45) is 27.3. The molecule has 0 aromatic heterocycles. The van der Waals surface area contributed by atoms with E-state index in [1.165, 1.54) is 103 Å². The third-order valence-electron chi connectivity index (χ3n) is 6.45. The van der Waals surface area contributed by atoms with Crippen molar-refractivity contribution in [3.05, 3.63) is 0 Å². The lowest BCUT2D eigenvalue weighted by molar-refractivity contribution is -0.0441. The van der Waals surface area contributed by atoms with Crippen LogP contribution in [0.3, 0.4) is 0 Å². The molecule has 0 aromatic rings. The minimum Gasteiger partial charge on any atom is -0.379 e. The summed E-state index contributed by atoms with van der Waals surface area (Å²) < 4.78 is 0. The Bertz CT molecular complexity index is 329. The zero-order valence-corrected chi connectivity index (χ0v) is 19.0. The van der Waals surface area contributed by atoms with E-state index in [2.05, 4.69) is 12.2 Å². The number of hydrogen-bond acceptors (Lipinski definition) is 3. The van der Waals surface area contributed by atoms with Gasteiger partial charge in [0, 0.05) is 0 Å². The predicted molar refractivity (Wildman–Crippen MR) is 121 cm³/mol. The molecular weight excluding hydrogens is 346 g/mol. The summed E-state index contributed by atoms with van der Waals surface area (Å²) >= 11 is 0. The molecule has 0 heterocycles. The molecule has 0 aromatic carbocycles. The maximum absolute atomic E-state index is 10.2. The van der Waals surface area contributed by atoms with Crippen molar-refractivity contribution < 1.29 is 10.2 Å². The maximum Gasteiger partial charge on any atom is 0.117 e. The van der Waals surface area contributed by atoms with Crippen LogP contribution in [-0.4, -0.2) is 22.2 Å². The highest BCUT2D eigenvalue weighted by Gasteiger charge is 2.32. The van der Waals surface area contributed by atoms with Crippen LogP contribution in [0.5, 0.6) is 0 Å². The molecule has 1 rings (SSSR count). The van der Waals surface area contributed by atoms with Crippen LogP contribution in [0, 0.1) is 0 Å². The van der Waals surface area contributed by atoms with Crippen LogP contribution in [0.2, 0.25) is 0 Å². The van der Waals surface area contributed by atoms with Crippen molar-refractivity contribution in [2.75, 3.05) is 0 Å². The maximum atomic E-state index is 10.2. The van der Waals surface area contributed by atoms with Crippen molar-refractivity contribution in [3.8, 4) is 0 Å². The topological polar surface area (TPSA) is 52.5 Å². The van der Waals surface area contributed by atoms with E-state index in [1.807, 2.05) is 0 Å². The van der Waals surface area contributed by atoms with Crippen molar-refractivity contribution in [3.63, 3.8) is 0 Å². The van der Waals surface area contributed by atoms with Crippen molar-refractivity contribution in [2.24, 2.45) is 0 Å². The van der Waals surface area contributed by atoms with Gasteiger partial charge in [-0.05, 0) is 38.5 Å². The number of rotatable bonds is 20. The molecule has 1 aliphatic rings. The second kappa shape index (κ2) is 17.7. The summed E-state index contributed by atoms with van der Waals surface area (Å²) in [4.78, 5) is 0. The lowest BCUT2D eigenvalue weighted by Gasteiger charge is -2.27. The molecule has 1 aliphatic carbocycles. The third-order valence-corrected chi connectivity index (χ3v) is 6.45. The van der Waals surface area contributed by atoms with Gasteiger partial charge in [0.1, 0.15) is 12.0 Å². The lowest BCUT2D eigenvalue weighted by Crippen LogP contribution is -2.48. The highest BCUT2D eigenvalue weighted by Crippen LogP contribution is 2.27. The Kier molecular flexibility index (Phi) is 16.4. The first-order valence-corrected chi connectivity index (χ1v) is 12.8. The third kappa shape index (κ3) is 14.8. The Labute approximate surface area is 176 Å². The van der Waals surface area contributed by atoms with Crippen molar-refractivity contribution >= 4 is 0 Å². The van der Waals surface area contributed by atoms with Gasteiger partial charge in [0.25, 0.3) is 0 Å². The SMILES string of the molecule is CCCCCCCCCCCCCCCCCCCC(O)NC1(O)CCCC1. The van der Waals surface area contributed by atoms with Gasteiger partial charge in [-0.25, -0.2) is 0 Å². The highest BCUT2D eigenvalue weighted by atomic mass is 16.3. The molecule has 0 aliphatic heterocycles. The van der Waals surface area contributed by atoms with E-state index in [-0.39, 0.29) is 0 Å². The summed E-state index contributed by atoms with van der Waals surface area (Å²) in [5.74, 6) is 0. The second-order valence-corrected chi connectivity index (χ2v) is 9.34. The number of aliphatic hydroxyl groups excluding tert-OH is 1. The van der Waals surface area contributed by atoms with Gasteiger partial charge in [-0.2, -0.15) is 0 Å². The van der Waals surface area contributed by atoms with Crippen LogP contribution in [0.25, 0.3) is 0 Å². The summed E-state index contributed by atoms with van der Waals surface area (Å²) in [6, 6.07) is 0. The molecule has 1 atom stereocenters. The van der Waals surface area contributed by atoms with Crippen LogP contribution < -0.4 is 5.32 Å². The summed E-state index contributed by atoms with van der Waals surface area (Å²) in [6.45, 7) is 2.29. The monoisotopic (exact) mass is 397 g/mol. The van der Waals surface area contributed by atoms with Gasteiger partial charge in [-0.1, -0.05) is 110 Å². The van der Waals surface area contributed by atoms with Crippen LogP contribution in [-0.2, 0) is 0 Å². The van der Waals surface area contributed by atoms with Crippen molar-refractivity contribution in [1.29, 1.82) is 0 Å². The molecule has 3 nitrogen and oxygen atoms in total. The largest absolute Gasteiger partial charge is 0.379 e. The molecule has 0 saturated heterocycles. The fraction of sp³-hybridized carbons (Fsp3) is 1.00. The van der Waals surface area contributed by atoms with Crippen molar-refractivity contribution in [2.45, 2.75) is 160 Å². The molecule has 3 heteroatoms. The number of nitrogens with one attached hydrogen (secondary N) is 1. The minimum atomic E-state index is -0.798. The van der Waals surface area contributed by atoms with Crippen LogP contribution in [0.4, 0.5) is 0 Å². The van der Waals surface area contributed by atoms with Crippen LogP contribution >= 0.6 is 0 Å². The first-order chi connectivity index (χ1) is 13.7. The molecule has 0 amide bonds. The normalized spacial score (nSPS) is 17.2. The van der Waals surface area contributed by atoms with E-state index in [4.69, 9.17) is 0 Å². The standard InChI is InChI=1S/C25H51NO2/c1-2-3-4-5-6-7-8-9-10-11-12-13-14-15-16-17-18-21-24(27)26-25(28)22-19-20-23-25/h24,26-28H,2-23H2,1H3. The highest BCUT2D eigenvalue weighted by molar-refractivity contribution is 4.82. The summed E-state index contributed by atoms with van der Waals surface area (Å²) in [5.41, 5.74) is -0.798. The Morgan fingerprint density at radius 3 is 1.39 bits per heavy atom. The quantitative estimate of drug-likeness (QED) is 0.150. The fourth-order valence-electron chi connectivity index (χ4n) is 4.55. The molecule has 1 fully saturated rings. The van der Waals surface area contributed by atoms with E-state index in [0.717, 1.165) is 38.5 Å². The average Bonchev–Trinajstić information content (AvgIpc) is 3.10. The van der Waals surface area contributed by atoms with E-state index in [9.17, 15) is 10.2 Å². The number of aliphatic hydroxyl groups is 2. The average molecular weight is 398 g/mol. The van der Waals surface area contributed by atoms with Gasteiger partial charge >= 0.3 is 0 Å². The van der Waals surface area contributed by atoms with Gasteiger partial charge in [-0.3, -0.25) is 5.32 Å². The van der Waals surface area contributed by atoms with Gasteiger partial charge in [-0.15, -0.1) is 0 Å². The Morgan fingerprint density at radius 2 is 1.00 bits per heavy atom. The lowest BCUT2D eigenvalue weighted by atomic mass is 10.0. The number of unbranched alkanes of at least 4 members (excludes halogenated alkanes) is 16. The zero-order valence-electron chi connectivity index (χ0n) is 19.0. The molecule has 28 heavy (non-hydrogen) atoms. The molecule has 168 valence electrons. The van der Waals surface area contributed by atoms with Gasteiger partial charge in [0.05, 0.1) is 0 Å². The zero-order chi connectivity index (χ0) is 20.3. The molecule has 1 unspecified atom stereocenters. The Hall–Kier alpha value is -0.120. The molecule has 0 spiro atoms. The van der Waals surface area contributed by atoms with Crippen LogP contribution in [0.1, 0.15) is 148 Å². The number of hydrogen-bond donors (Lipinski definition) is 3. The first kappa shape index (κ1) is 25.9. The van der Waals surface area contributed by atoms with Crippen LogP contribution in [0.15, 0.2) is 0 Å². The van der Waals surface area contributed by atoms with Gasteiger partial charge in [0.15, 0.2) is 0 Å². The molecule has 1 saturated carbocycles. The van der Waals surface area contributed by atoms with Crippen molar-refractivity contribution in [1.82, 2.24) is 5.32 Å². The van der Waals surface area contributed by atoms with E-state index in [0.29, 0.717) is 0 Å². The molecule has 0 bridgehead atoms. The molecule has 3 N–H and O–H groups in total. The van der Waals surface area contributed by atoms with E-state index >= 15 is 0 Å². The Balaban J connectivity index is 1.73. The smallest absolute Gasteiger partial charge is 0.117 e. The molecular formula is C25H51NO2. The minimum absolute atomic E-state index is 0.542. The summed E-state index contributed by atoms with van der Waals surface area (Å²) in [7, 11) is 0. The van der Waals surface area contributed by atoms with E-state index < -0.39 is 12.0 Å². The van der Waals surface area contributed by atoms with Gasteiger partial charge in [0.2, 0.25) is 0 Å².